The lowest BCUT2D eigenvalue weighted by Crippen LogP contribution is -2.48. The number of ether oxygens (including phenoxy) is 1. The van der Waals surface area contributed by atoms with Gasteiger partial charge in [0, 0.05) is 18.5 Å². The minimum absolute atomic E-state index is 0.0569. The lowest BCUT2D eigenvalue weighted by Gasteiger charge is -2.31. The second-order valence-electron chi connectivity index (χ2n) is 6.22. The largest absolute Gasteiger partial charge is 0.493 e. The maximum absolute atomic E-state index is 12.1. The fourth-order valence-electron chi connectivity index (χ4n) is 2.57. The van der Waals surface area contributed by atoms with Gasteiger partial charge in [-0.05, 0) is 18.9 Å². The van der Waals surface area contributed by atoms with Crippen molar-refractivity contribution in [1.82, 2.24) is 10.6 Å². The number of nitrogens with one attached hydrogen (secondary N) is 2. The van der Waals surface area contributed by atoms with Gasteiger partial charge in [0.1, 0.15) is 5.75 Å². The Morgan fingerprint density at radius 2 is 2.23 bits per heavy atom. The van der Waals surface area contributed by atoms with Crippen LogP contribution in [0.25, 0.3) is 0 Å². The fraction of sp³-hybridized carbons (Fsp3) is 0.588. The zero-order valence-electron chi connectivity index (χ0n) is 13.6. The molecule has 0 spiro atoms. The van der Waals surface area contributed by atoms with Crippen LogP contribution in [0.5, 0.6) is 5.75 Å². The molecule has 1 aromatic carbocycles. The number of hydrogen-bond acceptors (Lipinski definition) is 3. The van der Waals surface area contributed by atoms with E-state index >= 15 is 0 Å². The Balaban J connectivity index is 1.91. The van der Waals surface area contributed by atoms with Crippen LogP contribution in [-0.4, -0.2) is 29.9 Å². The molecule has 22 heavy (non-hydrogen) atoms. The number of carbonyl (C=O) groups is 1. The number of benzene rings is 1. The first kappa shape index (κ1) is 16.6. The number of fused-ring (bicyclic) bond motifs is 1. The molecule has 2 amide bonds. The van der Waals surface area contributed by atoms with Gasteiger partial charge in [-0.25, -0.2) is 4.79 Å². The van der Waals surface area contributed by atoms with E-state index in [1.165, 1.54) is 0 Å². The minimum atomic E-state index is -0.903. The van der Waals surface area contributed by atoms with E-state index in [4.69, 9.17) is 4.74 Å². The van der Waals surface area contributed by atoms with E-state index in [-0.39, 0.29) is 24.5 Å². The van der Waals surface area contributed by atoms with Gasteiger partial charge >= 0.3 is 6.03 Å². The van der Waals surface area contributed by atoms with Gasteiger partial charge in [0.2, 0.25) is 0 Å². The Hall–Kier alpha value is -1.75. The second-order valence-corrected chi connectivity index (χ2v) is 6.22. The van der Waals surface area contributed by atoms with Crippen molar-refractivity contribution in [2.45, 2.75) is 45.3 Å². The van der Waals surface area contributed by atoms with Crippen LogP contribution in [0.4, 0.5) is 4.79 Å². The topological polar surface area (TPSA) is 70.6 Å². The van der Waals surface area contributed by atoms with Crippen molar-refractivity contribution in [2.75, 3.05) is 13.2 Å². The maximum atomic E-state index is 12.1. The highest BCUT2D eigenvalue weighted by molar-refractivity contribution is 5.74. The van der Waals surface area contributed by atoms with Crippen molar-refractivity contribution in [3.63, 3.8) is 0 Å². The first-order chi connectivity index (χ1) is 10.4. The normalized spacial score (nSPS) is 21.0. The third kappa shape index (κ3) is 3.91. The van der Waals surface area contributed by atoms with E-state index in [1.807, 2.05) is 38.1 Å². The predicted octanol–water partition coefficient (Wildman–Crippen LogP) is 2.61. The highest BCUT2D eigenvalue weighted by atomic mass is 16.5. The first-order valence-electron chi connectivity index (χ1n) is 7.92. The minimum Gasteiger partial charge on any atom is -0.493 e. The molecule has 3 unspecified atom stereocenters. The molecule has 0 bridgehead atoms. The van der Waals surface area contributed by atoms with Crippen molar-refractivity contribution in [3.8, 4) is 5.75 Å². The Bertz CT molecular complexity index is 516. The molecule has 1 heterocycles. The Kier molecular flexibility index (Phi) is 5.29. The highest BCUT2D eigenvalue weighted by Gasteiger charge is 2.28. The molecule has 1 aromatic rings. The average Bonchev–Trinajstić information content (AvgIpc) is 2.52. The second kappa shape index (κ2) is 7.01. The summed E-state index contributed by atoms with van der Waals surface area (Å²) in [6.07, 6.45) is 1.61. The predicted molar refractivity (Wildman–Crippen MR) is 85.9 cm³/mol. The van der Waals surface area contributed by atoms with Crippen LogP contribution in [0.3, 0.4) is 0 Å². The van der Waals surface area contributed by atoms with E-state index in [1.54, 1.807) is 6.92 Å². The van der Waals surface area contributed by atoms with E-state index in [0.29, 0.717) is 6.61 Å². The number of urea groups is 1. The van der Waals surface area contributed by atoms with Gasteiger partial charge in [-0.3, -0.25) is 0 Å². The monoisotopic (exact) mass is 306 g/mol. The molecule has 3 atom stereocenters. The molecule has 1 aliphatic rings. The summed E-state index contributed by atoms with van der Waals surface area (Å²) in [7, 11) is 0. The summed E-state index contributed by atoms with van der Waals surface area (Å²) in [5.74, 6) is 0.947. The summed E-state index contributed by atoms with van der Waals surface area (Å²) in [4.78, 5) is 12.1. The summed E-state index contributed by atoms with van der Waals surface area (Å²) in [5, 5.41) is 16.1. The van der Waals surface area contributed by atoms with Gasteiger partial charge in [-0.15, -0.1) is 0 Å². The van der Waals surface area contributed by atoms with Gasteiger partial charge in [0.05, 0.1) is 18.2 Å². The number of aliphatic hydroxyl groups is 1. The van der Waals surface area contributed by atoms with Gasteiger partial charge in [-0.1, -0.05) is 38.5 Å². The Morgan fingerprint density at radius 1 is 1.50 bits per heavy atom. The van der Waals surface area contributed by atoms with Gasteiger partial charge < -0.3 is 20.5 Å². The van der Waals surface area contributed by atoms with Crippen LogP contribution in [0, 0.1) is 5.92 Å². The molecule has 1 aliphatic heterocycles. The van der Waals surface area contributed by atoms with Gasteiger partial charge in [0.25, 0.3) is 0 Å². The number of carbonyl (C=O) groups excluding carboxylic acids is 1. The standard InChI is InChI=1S/C17H26N2O3/c1-4-12(2)17(3,21)11-18-16(20)19-14-9-10-22-15-8-6-5-7-13(14)15/h5-8,12,14,21H,4,9-11H2,1-3H3,(H2,18,19,20). The number of para-hydroxylation sites is 1. The molecule has 122 valence electrons. The molecule has 0 saturated carbocycles. The van der Waals surface area contributed by atoms with Crippen LogP contribution in [0.2, 0.25) is 0 Å². The molecule has 0 radical (unpaired) electrons. The van der Waals surface area contributed by atoms with Crippen molar-refractivity contribution in [3.05, 3.63) is 29.8 Å². The number of rotatable bonds is 5. The number of hydrogen-bond donors (Lipinski definition) is 3. The molecule has 2 rings (SSSR count). The first-order valence-corrected chi connectivity index (χ1v) is 7.92. The van der Waals surface area contributed by atoms with Crippen molar-refractivity contribution in [2.24, 2.45) is 5.92 Å². The van der Waals surface area contributed by atoms with Crippen LogP contribution < -0.4 is 15.4 Å². The Labute approximate surface area is 132 Å². The zero-order valence-corrected chi connectivity index (χ0v) is 13.6. The molecule has 0 saturated heterocycles. The van der Waals surface area contributed by atoms with Crippen molar-refractivity contribution < 1.29 is 14.6 Å². The third-order valence-corrected chi connectivity index (χ3v) is 4.54. The zero-order chi connectivity index (χ0) is 16.2. The molecular formula is C17H26N2O3. The molecular weight excluding hydrogens is 280 g/mol. The quantitative estimate of drug-likeness (QED) is 0.783. The van der Waals surface area contributed by atoms with Crippen molar-refractivity contribution in [1.29, 1.82) is 0 Å². The lowest BCUT2D eigenvalue weighted by molar-refractivity contribution is 0.00780. The van der Waals surface area contributed by atoms with Gasteiger partial charge in [0.15, 0.2) is 0 Å². The lowest BCUT2D eigenvalue weighted by atomic mass is 9.89. The summed E-state index contributed by atoms with van der Waals surface area (Å²) in [6.45, 7) is 6.59. The van der Waals surface area contributed by atoms with Crippen LogP contribution in [-0.2, 0) is 0 Å². The summed E-state index contributed by atoms with van der Waals surface area (Å²) >= 11 is 0. The van der Waals surface area contributed by atoms with Crippen LogP contribution >= 0.6 is 0 Å². The molecule has 0 aliphatic carbocycles. The Morgan fingerprint density at radius 3 is 2.95 bits per heavy atom. The highest BCUT2D eigenvalue weighted by Crippen LogP contribution is 2.31. The van der Waals surface area contributed by atoms with E-state index in [0.717, 1.165) is 24.2 Å². The van der Waals surface area contributed by atoms with E-state index < -0.39 is 5.60 Å². The molecule has 0 fully saturated rings. The molecule has 3 N–H and O–H groups in total. The summed E-state index contributed by atoms with van der Waals surface area (Å²) in [5.41, 5.74) is 0.0947. The van der Waals surface area contributed by atoms with E-state index in [2.05, 4.69) is 10.6 Å². The maximum Gasteiger partial charge on any atom is 0.315 e. The van der Waals surface area contributed by atoms with E-state index in [9.17, 15) is 9.90 Å². The third-order valence-electron chi connectivity index (χ3n) is 4.54. The fourth-order valence-corrected chi connectivity index (χ4v) is 2.57. The van der Waals surface area contributed by atoms with Crippen LogP contribution in [0.15, 0.2) is 24.3 Å². The molecule has 0 aromatic heterocycles. The summed E-state index contributed by atoms with van der Waals surface area (Å²) in [6, 6.07) is 7.42. The summed E-state index contributed by atoms with van der Waals surface area (Å²) < 4.78 is 5.58. The SMILES string of the molecule is CCC(C)C(C)(O)CNC(=O)NC1CCOc2ccccc21. The molecule has 5 heteroatoms. The van der Waals surface area contributed by atoms with Crippen LogP contribution in [0.1, 0.15) is 45.2 Å². The van der Waals surface area contributed by atoms with Crippen molar-refractivity contribution >= 4 is 6.03 Å². The van der Waals surface area contributed by atoms with Gasteiger partial charge in [-0.2, -0.15) is 0 Å². The average molecular weight is 306 g/mol. The molecule has 5 nitrogen and oxygen atoms in total. The number of amides is 2. The smallest absolute Gasteiger partial charge is 0.315 e.